The van der Waals surface area contributed by atoms with Crippen LogP contribution in [0.5, 0.6) is 0 Å². The van der Waals surface area contributed by atoms with Gasteiger partial charge < -0.3 is 10.5 Å². The first kappa shape index (κ1) is 9.25. The van der Waals surface area contributed by atoms with Crippen LogP contribution in [-0.4, -0.2) is 24.4 Å². The topological polar surface area (TPSA) is 61.7 Å². The molecule has 0 bridgehead atoms. The molecule has 0 atom stereocenters. The highest BCUT2D eigenvalue weighted by atomic mass is 16.4. The molecule has 0 fully saturated rings. The monoisotopic (exact) mass is 178 g/mol. The number of rotatable bonds is 2. The van der Waals surface area contributed by atoms with E-state index in [4.69, 9.17) is 5.21 Å². The first-order valence-electron chi connectivity index (χ1n) is 3.77. The van der Waals surface area contributed by atoms with Gasteiger partial charge in [0.05, 0.1) is 6.21 Å². The summed E-state index contributed by atoms with van der Waals surface area (Å²) in [5.74, 6) is -0.132. The Morgan fingerprint density at radius 1 is 1.46 bits per heavy atom. The molecular weight excluding hydrogens is 168 g/mol. The zero-order valence-electron chi connectivity index (χ0n) is 7.19. The molecule has 68 valence electrons. The SMILES string of the molecule is CNC(=O)c1ccc(/C=N/O)cc1. The van der Waals surface area contributed by atoms with Crippen LogP contribution >= 0.6 is 0 Å². The molecule has 0 aromatic heterocycles. The summed E-state index contributed by atoms with van der Waals surface area (Å²) in [7, 11) is 1.57. The second kappa shape index (κ2) is 4.25. The largest absolute Gasteiger partial charge is 0.411 e. The third-order valence-corrected chi connectivity index (χ3v) is 1.61. The van der Waals surface area contributed by atoms with Crippen LogP contribution in [0.2, 0.25) is 0 Å². The predicted molar refractivity (Wildman–Crippen MR) is 49.2 cm³/mol. The summed E-state index contributed by atoms with van der Waals surface area (Å²) in [4.78, 5) is 11.1. The Hall–Kier alpha value is -1.84. The molecule has 1 rings (SSSR count). The first-order chi connectivity index (χ1) is 6.27. The summed E-state index contributed by atoms with van der Waals surface area (Å²) >= 11 is 0. The number of nitrogens with one attached hydrogen (secondary N) is 1. The van der Waals surface area contributed by atoms with Crippen molar-refractivity contribution in [1.82, 2.24) is 5.32 Å². The van der Waals surface area contributed by atoms with Gasteiger partial charge in [-0.25, -0.2) is 0 Å². The van der Waals surface area contributed by atoms with Gasteiger partial charge in [-0.3, -0.25) is 4.79 Å². The minimum Gasteiger partial charge on any atom is -0.411 e. The van der Waals surface area contributed by atoms with Gasteiger partial charge in [0.1, 0.15) is 0 Å². The Morgan fingerprint density at radius 2 is 2.08 bits per heavy atom. The van der Waals surface area contributed by atoms with Crippen molar-refractivity contribution < 1.29 is 10.0 Å². The maximum atomic E-state index is 11.1. The van der Waals surface area contributed by atoms with E-state index < -0.39 is 0 Å². The number of amides is 1. The molecule has 1 aromatic carbocycles. The van der Waals surface area contributed by atoms with Gasteiger partial charge in [-0.15, -0.1) is 0 Å². The summed E-state index contributed by atoms with van der Waals surface area (Å²) in [6.07, 6.45) is 1.30. The van der Waals surface area contributed by atoms with Crippen LogP contribution in [0.25, 0.3) is 0 Å². The maximum Gasteiger partial charge on any atom is 0.251 e. The lowest BCUT2D eigenvalue weighted by Crippen LogP contribution is -2.17. The van der Waals surface area contributed by atoms with Gasteiger partial charge >= 0.3 is 0 Å². The van der Waals surface area contributed by atoms with Gasteiger partial charge in [0.25, 0.3) is 5.91 Å². The van der Waals surface area contributed by atoms with E-state index in [2.05, 4.69) is 10.5 Å². The molecule has 4 nitrogen and oxygen atoms in total. The Labute approximate surface area is 75.9 Å². The molecule has 0 unspecified atom stereocenters. The molecule has 1 amide bonds. The molecule has 0 heterocycles. The number of hydrogen-bond donors (Lipinski definition) is 2. The zero-order chi connectivity index (χ0) is 9.68. The van der Waals surface area contributed by atoms with E-state index in [0.717, 1.165) is 5.56 Å². The van der Waals surface area contributed by atoms with Crippen molar-refractivity contribution in [1.29, 1.82) is 0 Å². The minimum absolute atomic E-state index is 0.132. The zero-order valence-corrected chi connectivity index (χ0v) is 7.19. The summed E-state index contributed by atoms with van der Waals surface area (Å²) in [5.41, 5.74) is 1.33. The van der Waals surface area contributed by atoms with Crippen LogP contribution in [-0.2, 0) is 0 Å². The lowest BCUT2D eigenvalue weighted by molar-refractivity contribution is 0.0963. The first-order valence-corrected chi connectivity index (χ1v) is 3.77. The third kappa shape index (κ3) is 2.30. The van der Waals surface area contributed by atoms with Crippen molar-refractivity contribution in [2.24, 2.45) is 5.16 Å². The van der Waals surface area contributed by atoms with Crippen LogP contribution in [0.1, 0.15) is 15.9 Å². The van der Waals surface area contributed by atoms with Gasteiger partial charge in [-0.05, 0) is 17.7 Å². The fourth-order valence-corrected chi connectivity index (χ4v) is 0.932. The Bertz CT molecular complexity index is 317. The summed E-state index contributed by atoms with van der Waals surface area (Å²) in [6, 6.07) is 6.72. The molecule has 2 N–H and O–H groups in total. The van der Waals surface area contributed by atoms with Crippen LogP contribution in [0.3, 0.4) is 0 Å². The van der Waals surface area contributed by atoms with Crippen LogP contribution in [0, 0.1) is 0 Å². The number of benzene rings is 1. The van der Waals surface area contributed by atoms with Gasteiger partial charge in [0.2, 0.25) is 0 Å². The molecule has 0 saturated heterocycles. The quantitative estimate of drug-likeness (QED) is 0.400. The van der Waals surface area contributed by atoms with Gasteiger partial charge in [-0.1, -0.05) is 17.3 Å². The molecule has 1 aromatic rings. The van der Waals surface area contributed by atoms with Crippen molar-refractivity contribution in [3.05, 3.63) is 35.4 Å². The number of hydrogen-bond acceptors (Lipinski definition) is 3. The normalized spacial score (nSPS) is 10.2. The van der Waals surface area contributed by atoms with Crippen LogP contribution < -0.4 is 5.32 Å². The molecule has 0 saturated carbocycles. The van der Waals surface area contributed by atoms with Crippen molar-refractivity contribution in [2.75, 3.05) is 7.05 Å². The highest BCUT2D eigenvalue weighted by Gasteiger charge is 2.00. The van der Waals surface area contributed by atoms with E-state index in [1.807, 2.05) is 0 Å². The van der Waals surface area contributed by atoms with E-state index in [9.17, 15) is 4.79 Å². The van der Waals surface area contributed by atoms with Crippen molar-refractivity contribution in [3.8, 4) is 0 Å². The molecule has 0 spiro atoms. The van der Waals surface area contributed by atoms with Crippen LogP contribution in [0.15, 0.2) is 29.4 Å². The van der Waals surface area contributed by atoms with E-state index in [-0.39, 0.29) is 5.91 Å². The van der Waals surface area contributed by atoms with E-state index in [1.165, 1.54) is 6.21 Å². The molecule has 0 aliphatic heterocycles. The molecule has 0 radical (unpaired) electrons. The molecular formula is C9H10N2O2. The second-order valence-electron chi connectivity index (χ2n) is 2.45. The number of carbonyl (C=O) groups excluding carboxylic acids is 1. The average Bonchev–Trinajstić information content (AvgIpc) is 2.18. The molecule has 0 aliphatic carbocycles. The summed E-state index contributed by atoms with van der Waals surface area (Å²) in [5, 5.41) is 13.6. The van der Waals surface area contributed by atoms with Crippen molar-refractivity contribution >= 4 is 12.1 Å². The van der Waals surface area contributed by atoms with E-state index in [0.29, 0.717) is 5.56 Å². The Kier molecular flexibility index (Phi) is 3.03. The lowest BCUT2D eigenvalue weighted by Gasteiger charge is -1.98. The fourth-order valence-electron chi connectivity index (χ4n) is 0.932. The number of carbonyl (C=O) groups is 1. The third-order valence-electron chi connectivity index (χ3n) is 1.61. The minimum atomic E-state index is -0.132. The predicted octanol–water partition coefficient (Wildman–Crippen LogP) is 0.854. The van der Waals surface area contributed by atoms with Gasteiger partial charge in [0.15, 0.2) is 0 Å². The standard InChI is InChI=1S/C9H10N2O2/c1-10-9(12)8-4-2-7(3-5-8)6-11-13/h2-6,13H,1H3,(H,10,12)/b11-6+. The molecule has 13 heavy (non-hydrogen) atoms. The Morgan fingerprint density at radius 3 is 2.54 bits per heavy atom. The summed E-state index contributed by atoms with van der Waals surface area (Å²) in [6.45, 7) is 0. The number of oxime groups is 1. The Balaban J connectivity index is 2.87. The van der Waals surface area contributed by atoms with Gasteiger partial charge in [0, 0.05) is 12.6 Å². The average molecular weight is 178 g/mol. The smallest absolute Gasteiger partial charge is 0.251 e. The molecule has 4 heteroatoms. The van der Waals surface area contributed by atoms with Crippen molar-refractivity contribution in [2.45, 2.75) is 0 Å². The fraction of sp³-hybridized carbons (Fsp3) is 0.111. The molecule has 0 aliphatic rings. The summed E-state index contributed by atoms with van der Waals surface area (Å²) < 4.78 is 0. The maximum absolute atomic E-state index is 11.1. The van der Waals surface area contributed by atoms with E-state index in [1.54, 1.807) is 31.3 Å². The van der Waals surface area contributed by atoms with E-state index >= 15 is 0 Å². The lowest BCUT2D eigenvalue weighted by atomic mass is 10.1. The highest BCUT2D eigenvalue weighted by molar-refractivity contribution is 5.94. The van der Waals surface area contributed by atoms with Crippen molar-refractivity contribution in [3.63, 3.8) is 0 Å². The second-order valence-corrected chi connectivity index (χ2v) is 2.45. The van der Waals surface area contributed by atoms with Gasteiger partial charge in [-0.2, -0.15) is 0 Å². The van der Waals surface area contributed by atoms with Crippen LogP contribution in [0.4, 0.5) is 0 Å². The number of nitrogens with zero attached hydrogens (tertiary/aromatic N) is 1. The highest BCUT2D eigenvalue weighted by Crippen LogP contribution is 2.01.